The van der Waals surface area contributed by atoms with Crippen LogP contribution in [0.1, 0.15) is 0 Å². The third-order valence-electron chi connectivity index (χ3n) is 5.19. The highest BCUT2D eigenvalue weighted by atomic mass is 16.7. The van der Waals surface area contributed by atoms with Crippen molar-refractivity contribution in [1.82, 2.24) is 5.32 Å². The first-order chi connectivity index (χ1) is 14.6. The largest absolute Gasteiger partial charge is 0.495 e. The van der Waals surface area contributed by atoms with Gasteiger partial charge in [-0.2, -0.15) is 0 Å². The number of carbonyl (C=O) groups excluding carboxylic acids is 2. The van der Waals surface area contributed by atoms with Crippen molar-refractivity contribution in [1.29, 1.82) is 0 Å². The Morgan fingerprint density at radius 3 is 2.67 bits per heavy atom. The van der Waals surface area contributed by atoms with Gasteiger partial charge in [0.05, 0.1) is 39.0 Å². The van der Waals surface area contributed by atoms with E-state index in [4.69, 9.17) is 14.2 Å². The molecule has 0 atom stereocenters. The molecule has 0 bridgehead atoms. The number of rotatable bonds is 5. The van der Waals surface area contributed by atoms with E-state index in [1.807, 2.05) is 24.3 Å². The molecular weight excluding hydrogens is 388 g/mol. The van der Waals surface area contributed by atoms with Gasteiger partial charge in [0, 0.05) is 11.8 Å². The fraction of sp³-hybridized carbons (Fsp3) is 0.333. The smallest absolute Gasteiger partial charge is 0.326 e. The monoisotopic (exact) mass is 413 g/mol. The highest BCUT2D eigenvalue weighted by Gasteiger charge is 2.24. The second-order valence-electron chi connectivity index (χ2n) is 7.16. The summed E-state index contributed by atoms with van der Waals surface area (Å²) in [7, 11) is 1.67. The average Bonchev–Trinajstić information content (AvgIpc) is 3.22. The minimum atomic E-state index is -0.564. The van der Waals surface area contributed by atoms with Crippen molar-refractivity contribution < 1.29 is 28.7 Å². The van der Waals surface area contributed by atoms with E-state index >= 15 is 0 Å². The van der Waals surface area contributed by atoms with Gasteiger partial charge in [-0.25, -0.2) is 4.79 Å². The third kappa shape index (κ3) is 4.57. The molecule has 158 valence electrons. The van der Waals surface area contributed by atoms with Gasteiger partial charge in [-0.3, -0.25) is 10.1 Å². The van der Waals surface area contributed by atoms with Crippen LogP contribution in [-0.4, -0.2) is 58.6 Å². The molecule has 3 amide bonds. The van der Waals surface area contributed by atoms with Crippen molar-refractivity contribution in [3.8, 4) is 17.2 Å². The second kappa shape index (κ2) is 8.91. The van der Waals surface area contributed by atoms with Crippen LogP contribution in [0.3, 0.4) is 0 Å². The maximum absolute atomic E-state index is 12.3. The first kappa shape index (κ1) is 19.8. The lowest BCUT2D eigenvalue weighted by molar-refractivity contribution is -0.892. The van der Waals surface area contributed by atoms with Gasteiger partial charge in [-0.15, -0.1) is 0 Å². The minimum absolute atomic E-state index is 0.163. The van der Waals surface area contributed by atoms with E-state index in [0.717, 1.165) is 42.5 Å². The molecule has 9 heteroatoms. The Morgan fingerprint density at radius 1 is 1.10 bits per heavy atom. The number of nitrogens with zero attached hydrogens (tertiary/aromatic N) is 1. The van der Waals surface area contributed by atoms with Crippen molar-refractivity contribution in [3.05, 3.63) is 42.5 Å². The number of urea groups is 1. The molecule has 2 aromatic rings. The molecule has 1 saturated heterocycles. The van der Waals surface area contributed by atoms with Gasteiger partial charge >= 0.3 is 6.03 Å². The number of quaternary nitrogens is 1. The average molecular weight is 413 g/mol. The number of nitrogens with one attached hydrogen (secondary N) is 3. The van der Waals surface area contributed by atoms with Gasteiger partial charge in [0.1, 0.15) is 5.75 Å². The van der Waals surface area contributed by atoms with Gasteiger partial charge < -0.3 is 29.3 Å². The van der Waals surface area contributed by atoms with Gasteiger partial charge in [0.15, 0.2) is 18.0 Å². The van der Waals surface area contributed by atoms with E-state index in [0.29, 0.717) is 17.2 Å². The fourth-order valence-electron chi connectivity index (χ4n) is 3.67. The summed E-state index contributed by atoms with van der Waals surface area (Å²) in [6.07, 6.45) is 0. The summed E-state index contributed by atoms with van der Waals surface area (Å²) in [6, 6.07) is 12.4. The fourth-order valence-corrected chi connectivity index (χ4v) is 3.67. The molecule has 9 nitrogen and oxygen atoms in total. The number of carbonyl (C=O) groups is 2. The van der Waals surface area contributed by atoms with Crippen molar-refractivity contribution in [2.45, 2.75) is 0 Å². The summed E-state index contributed by atoms with van der Waals surface area (Å²) in [4.78, 5) is 27.8. The number of hydrogen-bond donors (Lipinski definition) is 3. The molecule has 0 unspecified atom stereocenters. The van der Waals surface area contributed by atoms with Gasteiger partial charge in [0.2, 0.25) is 6.79 Å². The number of fused-ring (bicyclic) bond motifs is 1. The van der Waals surface area contributed by atoms with Crippen LogP contribution in [0.4, 0.5) is 16.2 Å². The molecule has 0 saturated carbocycles. The zero-order valence-electron chi connectivity index (χ0n) is 16.8. The van der Waals surface area contributed by atoms with E-state index in [9.17, 15) is 9.59 Å². The number of imide groups is 1. The Balaban J connectivity index is 1.23. The van der Waals surface area contributed by atoms with E-state index in [1.54, 1.807) is 25.3 Å². The molecule has 3 N–H and O–H groups in total. The summed E-state index contributed by atoms with van der Waals surface area (Å²) in [5.74, 6) is 1.73. The van der Waals surface area contributed by atoms with E-state index in [-0.39, 0.29) is 19.2 Å². The van der Waals surface area contributed by atoms with Gasteiger partial charge in [-0.05, 0) is 24.3 Å². The SMILES string of the molecule is COc1ccccc1N1CC[NH+](CC(=O)NC(=O)Nc2ccc3c(c2)OCO3)CC1. The Labute approximate surface area is 174 Å². The normalized spacial score (nSPS) is 15.6. The predicted molar refractivity (Wildman–Crippen MR) is 110 cm³/mol. The molecule has 2 aliphatic heterocycles. The zero-order valence-corrected chi connectivity index (χ0v) is 16.8. The van der Waals surface area contributed by atoms with Crippen LogP contribution in [0.2, 0.25) is 0 Å². The van der Waals surface area contributed by atoms with Crippen molar-refractivity contribution in [2.24, 2.45) is 0 Å². The number of amides is 3. The van der Waals surface area contributed by atoms with Gasteiger partial charge in [-0.1, -0.05) is 12.1 Å². The van der Waals surface area contributed by atoms with E-state index in [2.05, 4.69) is 15.5 Å². The first-order valence-corrected chi connectivity index (χ1v) is 9.84. The molecule has 4 rings (SSSR count). The molecule has 0 radical (unpaired) electrons. The molecule has 0 spiro atoms. The number of benzene rings is 2. The maximum Gasteiger partial charge on any atom is 0.326 e. The molecule has 2 aromatic carbocycles. The first-order valence-electron chi connectivity index (χ1n) is 9.84. The van der Waals surface area contributed by atoms with Crippen LogP contribution in [-0.2, 0) is 4.79 Å². The lowest BCUT2D eigenvalue weighted by Crippen LogP contribution is -3.16. The Kier molecular flexibility index (Phi) is 5.89. The standard InChI is InChI=1S/C21H24N4O5/c1-28-17-5-3-2-4-16(17)25-10-8-24(9-11-25)13-20(26)23-21(27)22-15-6-7-18-19(12-15)30-14-29-18/h2-7,12H,8-11,13-14H2,1H3,(H2,22,23,26,27)/p+1. The highest BCUT2D eigenvalue weighted by molar-refractivity contribution is 6.01. The van der Waals surface area contributed by atoms with E-state index < -0.39 is 6.03 Å². The van der Waals surface area contributed by atoms with Crippen LogP contribution in [0.15, 0.2) is 42.5 Å². The Bertz CT molecular complexity index is 927. The molecule has 0 aliphatic carbocycles. The van der Waals surface area contributed by atoms with Crippen LogP contribution in [0.25, 0.3) is 0 Å². The topological polar surface area (TPSA) is 93.6 Å². The molecule has 2 heterocycles. The lowest BCUT2D eigenvalue weighted by Gasteiger charge is -2.33. The molecule has 30 heavy (non-hydrogen) atoms. The van der Waals surface area contributed by atoms with Crippen LogP contribution < -0.4 is 34.6 Å². The summed E-state index contributed by atoms with van der Waals surface area (Å²) < 4.78 is 16.0. The van der Waals surface area contributed by atoms with E-state index in [1.165, 1.54) is 0 Å². The van der Waals surface area contributed by atoms with Crippen LogP contribution in [0.5, 0.6) is 17.2 Å². The van der Waals surface area contributed by atoms with Crippen LogP contribution in [0, 0.1) is 0 Å². The predicted octanol–water partition coefficient (Wildman–Crippen LogP) is 0.477. The lowest BCUT2D eigenvalue weighted by atomic mass is 10.2. The van der Waals surface area contributed by atoms with Crippen molar-refractivity contribution in [3.63, 3.8) is 0 Å². The Hall–Kier alpha value is -3.46. The van der Waals surface area contributed by atoms with Crippen molar-refractivity contribution in [2.75, 3.05) is 56.8 Å². The number of piperazine rings is 1. The summed E-state index contributed by atoms with van der Waals surface area (Å²) >= 11 is 0. The number of para-hydroxylation sites is 2. The van der Waals surface area contributed by atoms with Gasteiger partial charge in [0.25, 0.3) is 5.91 Å². The quantitative estimate of drug-likeness (QED) is 0.660. The summed E-state index contributed by atoms with van der Waals surface area (Å²) in [6.45, 7) is 3.63. The molecular formula is C21H25N4O5+. The number of ether oxygens (including phenoxy) is 3. The third-order valence-corrected chi connectivity index (χ3v) is 5.19. The molecule has 1 fully saturated rings. The van der Waals surface area contributed by atoms with Crippen molar-refractivity contribution >= 4 is 23.3 Å². The highest BCUT2D eigenvalue weighted by Crippen LogP contribution is 2.34. The number of anilines is 2. The Morgan fingerprint density at radius 2 is 1.87 bits per heavy atom. The van der Waals surface area contributed by atoms with Crippen LogP contribution >= 0.6 is 0 Å². The summed E-state index contributed by atoms with van der Waals surface area (Å²) in [5, 5.41) is 5.03. The zero-order chi connectivity index (χ0) is 20.9. The second-order valence-corrected chi connectivity index (χ2v) is 7.16. The summed E-state index contributed by atoms with van der Waals surface area (Å²) in [5.41, 5.74) is 1.59. The molecule has 2 aliphatic rings. The maximum atomic E-state index is 12.3. The number of methoxy groups -OCH3 is 1. The minimum Gasteiger partial charge on any atom is -0.495 e. The molecule has 0 aromatic heterocycles. The number of hydrogen-bond acceptors (Lipinski definition) is 6.